The van der Waals surface area contributed by atoms with Gasteiger partial charge >= 0.3 is 0 Å². The lowest BCUT2D eigenvalue weighted by Crippen LogP contribution is -2.56. The van der Waals surface area contributed by atoms with Gasteiger partial charge in [-0.1, -0.05) is 0 Å². The molecular weight excluding hydrogens is 216 g/mol. The zero-order chi connectivity index (χ0) is 12.1. The van der Waals surface area contributed by atoms with Crippen LogP contribution in [-0.2, 0) is 9.47 Å². The largest absolute Gasteiger partial charge is 0.385 e. The number of nitrogens with zero attached hydrogens (tertiary/aromatic N) is 2. The molecule has 0 aromatic carbocycles. The highest BCUT2D eigenvalue weighted by atomic mass is 16.5. The fraction of sp³-hybridized carbons (Fsp3) is 1.00. The van der Waals surface area contributed by atoms with Crippen molar-refractivity contribution in [3.63, 3.8) is 0 Å². The van der Waals surface area contributed by atoms with Gasteiger partial charge in [0.05, 0.1) is 12.2 Å². The Morgan fingerprint density at radius 3 is 2.71 bits per heavy atom. The summed E-state index contributed by atoms with van der Waals surface area (Å²) in [7, 11) is 3.98. The third kappa shape index (κ3) is 3.65. The van der Waals surface area contributed by atoms with Crippen molar-refractivity contribution in [3.05, 3.63) is 0 Å². The van der Waals surface area contributed by atoms with E-state index in [0.717, 1.165) is 39.3 Å². The first kappa shape index (κ1) is 13.3. The lowest BCUT2D eigenvalue weighted by Gasteiger charge is -2.46. The molecule has 2 saturated heterocycles. The topological polar surface area (TPSA) is 24.9 Å². The third-order valence-electron chi connectivity index (χ3n) is 4.05. The molecule has 17 heavy (non-hydrogen) atoms. The molecule has 0 aromatic heterocycles. The van der Waals surface area contributed by atoms with Crippen LogP contribution in [0.5, 0.6) is 0 Å². The second-order valence-electron chi connectivity index (χ2n) is 5.46. The van der Waals surface area contributed by atoms with Gasteiger partial charge < -0.3 is 14.4 Å². The lowest BCUT2D eigenvalue weighted by molar-refractivity contribution is -0.134. The summed E-state index contributed by atoms with van der Waals surface area (Å²) in [5, 5.41) is 0. The Kier molecular flexibility index (Phi) is 4.79. The molecule has 0 bridgehead atoms. The first-order chi connectivity index (χ1) is 8.24. The molecule has 0 atom stereocenters. The summed E-state index contributed by atoms with van der Waals surface area (Å²) < 4.78 is 11.2. The van der Waals surface area contributed by atoms with E-state index in [9.17, 15) is 0 Å². The van der Waals surface area contributed by atoms with E-state index in [-0.39, 0.29) is 5.60 Å². The number of likely N-dealkylation sites (tertiary alicyclic amines) is 1. The predicted octanol–water partition coefficient (Wildman–Crippen LogP) is 0.820. The van der Waals surface area contributed by atoms with E-state index in [1.165, 1.54) is 25.9 Å². The maximum atomic E-state index is 6.09. The Hall–Kier alpha value is -0.160. The molecule has 0 radical (unpaired) electrons. The van der Waals surface area contributed by atoms with Crippen LogP contribution in [0, 0.1) is 0 Å². The Morgan fingerprint density at radius 2 is 2.00 bits per heavy atom. The van der Waals surface area contributed by atoms with Crippen LogP contribution in [0.2, 0.25) is 0 Å². The highest BCUT2D eigenvalue weighted by Crippen LogP contribution is 2.29. The standard InChI is InChI=1S/C13H26N2O2/c1-14-7-4-13(5-8-14)12-15(9-11-17-13)6-3-10-16-2/h3-12H2,1-2H3. The van der Waals surface area contributed by atoms with Crippen molar-refractivity contribution in [3.8, 4) is 0 Å². The minimum atomic E-state index is 0.151. The van der Waals surface area contributed by atoms with E-state index in [0.29, 0.717) is 0 Å². The number of ether oxygens (including phenoxy) is 2. The second kappa shape index (κ2) is 6.14. The molecule has 0 N–H and O–H groups in total. The summed E-state index contributed by atoms with van der Waals surface area (Å²) in [6, 6.07) is 0. The first-order valence-electron chi connectivity index (χ1n) is 6.78. The average Bonchev–Trinajstić information content (AvgIpc) is 2.34. The zero-order valence-corrected chi connectivity index (χ0v) is 11.3. The smallest absolute Gasteiger partial charge is 0.0833 e. The van der Waals surface area contributed by atoms with Crippen molar-refractivity contribution in [2.75, 3.05) is 60.1 Å². The Labute approximate surface area is 105 Å². The molecule has 0 unspecified atom stereocenters. The summed E-state index contributed by atoms with van der Waals surface area (Å²) in [6.45, 7) is 7.46. The molecule has 100 valence electrons. The van der Waals surface area contributed by atoms with E-state index in [1.807, 2.05) is 0 Å². The van der Waals surface area contributed by atoms with Crippen LogP contribution in [0.3, 0.4) is 0 Å². The van der Waals surface area contributed by atoms with E-state index < -0.39 is 0 Å². The fourth-order valence-electron chi connectivity index (χ4n) is 2.88. The molecule has 4 heteroatoms. The van der Waals surface area contributed by atoms with Crippen molar-refractivity contribution in [2.24, 2.45) is 0 Å². The number of rotatable bonds is 4. The highest BCUT2D eigenvalue weighted by Gasteiger charge is 2.38. The Morgan fingerprint density at radius 1 is 1.24 bits per heavy atom. The summed E-state index contributed by atoms with van der Waals surface area (Å²) in [6.07, 6.45) is 3.50. The molecule has 4 nitrogen and oxygen atoms in total. The predicted molar refractivity (Wildman–Crippen MR) is 68.3 cm³/mol. The van der Waals surface area contributed by atoms with Gasteiger partial charge in [0.2, 0.25) is 0 Å². The summed E-state index contributed by atoms with van der Waals surface area (Å²) in [5.74, 6) is 0. The maximum Gasteiger partial charge on any atom is 0.0833 e. The van der Waals surface area contributed by atoms with Gasteiger partial charge in [0, 0.05) is 46.4 Å². The molecule has 2 heterocycles. The highest BCUT2D eigenvalue weighted by molar-refractivity contribution is 4.92. The molecule has 2 aliphatic heterocycles. The van der Waals surface area contributed by atoms with Gasteiger partial charge in [-0.2, -0.15) is 0 Å². The van der Waals surface area contributed by atoms with E-state index in [1.54, 1.807) is 7.11 Å². The van der Waals surface area contributed by atoms with Gasteiger partial charge in [-0.05, 0) is 26.3 Å². The van der Waals surface area contributed by atoms with E-state index in [2.05, 4.69) is 16.8 Å². The van der Waals surface area contributed by atoms with Crippen molar-refractivity contribution in [1.82, 2.24) is 9.80 Å². The summed E-state index contributed by atoms with van der Waals surface area (Å²) >= 11 is 0. The van der Waals surface area contributed by atoms with Gasteiger partial charge in [-0.25, -0.2) is 0 Å². The lowest BCUT2D eigenvalue weighted by atomic mass is 9.89. The van der Waals surface area contributed by atoms with Crippen molar-refractivity contribution in [2.45, 2.75) is 24.9 Å². The molecule has 1 spiro atoms. The van der Waals surface area contributed by atoms with Crippen LogP contribution >= 0.6 is 0 Å². The zero-order valence-electron chi connectivity index (χ0n) is 11.3. The molecule has 0 aromatic rings. The molecule has 0 saturated carbocycles. The van der Waals surface area contributed by atoms with Gasteiger partial charge in [0.1, 0.15) is 0 Å². The molecule has 2 fully saturated rings. The van der Waals surface area contributed by atoms with Gasteiger partial charge in [0.15, 0.2) is 0 Å². The van der Waals surface area contributed by atoms with Crippen LogP contribution in [0.4, 0.5) is 0 Å². The molecule has 2 aliphatic rings. The van der Waals surface area contributed by atoms with Crippen molar-refractivity contribution in [1.29, 1.82) is 0 Å². The van der Waals surface area contributed by atoms with Crippen LogP contribution in [-0.4, -0.2) is 75.5 Å². The second-order valence-corrected chi connectivity index (χ2v) is 5.46. The SMILES string of the molecule is COCCCN1CCOC2(CCN(C)CC2)C1. The number of piperidine rings is 1. The van der Waals surface area contributed by atoms with Gasteiger partial charge in [0.25, 0.3) is 0 Å². The average molecular weight is 242 g/mol. The number of methoxy groups -OCH3 is 1. The molecule has 2 rings (SSSR count). The molecule has 0 aliphatic carbocycles. The van der Waals surface area contributed by atoms with Gasteiger partial charge in [-0.3, -0.25) is 4.90 Å². The minimum absolute atomic E-state index is 0.151. The van der Waals surface area contributed by atoms with Crippen LogP contribution in [0.15, 0.2) is 0 Å². The quantitative estimate of drug-likeness (QED) is 0.682. The number of hydrogen-bond acceptors (Lipinski definition) is 4. The van der Waals surface area contributed by atoms with Crippen LogP contribution < -0.4 is 0 Å². The minimum Gasteiger partial charge on any atom is -0.385 e. The summed E-state index contributed by atoms with van der Waals surface area (Å²) in [4.78, 5) is 4.95. The van der Waals surface area contributed by atoms with Gasteiger partial charge in [-0.15, -0.1) is 0 Å². The fourth-order valence-corrected chi connectivity index (χ4v) is 2.88. The number of hydrogen-bond donors (Lipinski definition) is 0. The van der Waals surface area contributed by atoms with Crippen LogP contribution in [0.25, 0.3) is 0 Å². The Bertz CT molecular complexity index is 227. The van der Waals surface area contributed by atoms with Crippen LogP contribution in [0.1, 0.15) is 19.3 Å². The first-order valence-corrected chi connectivity index (χ1v) is 6.78. The molecule has 0 amide bonds. The van der Waals surface area contributed by atoms with E-state index in [4.69, 9.17) is 9.47 Å². The summed E-state index contributed by atoms with van der Waals surface area (Å²) in [5.41, 5.74) is 0.151. The van der Waals surface area contributed by atoms with Crippen molar-refractivity contribution < 1.29 is 9.47 Å². The normalized spacial score (nSPS) is 26.5. The monoisotopic (exact) mass is 242 g/mol. The number of morpholine rings is 1. The Balaban J connectivity index is 1.79. The van der Waals surface area contributed by atoms with Crippen molar-refractivity contribution >= 4 is 0 Å². The maximum absolute atomic E-state index is 6.09. The molecular formula is C13H26N2O2. The third-order valence-corrected chi connectivity index (χ3v) is 4.05. The van der Waals surface area contributed by atoms with E-state index >= 15 is 0 Å².